The van der Waals surface area contributed by atoms with E-state index in [1.54, 1.807) is 17.0 Å². The highest BCUT2D eigenvalue weighted by Crippen LogP contribution is 2.32. The molecule has 4 aromatic rings. The van der Waals surface area contributed by atoms with Crippen LogP contribution >= 0.6 is 0 Å². The Bertz CT molecular complexity index is 1230. The number of hydrogen-bond acceptors (Lipinski definition) is 3. The van der Waals surface area contributed by atoms with Gasteiger partial charge in [0.2, 0.25) is 0 Å². The largest absolute Gasteiger partial charge is 0.459 e. The van der Waals surface area contributed by atoms with Crippen LogP contribution in [0.1, 0.15) is 26.5 Å². The van der Waals surface area contributed by atoms with E-state index in [0.29, 0.717) is 23.6 Å². The van der Waals surface area contributed by atoms with Crippen LogP contribution in [0.3, 0.4) is 0 Å². The zero-order valence-electron chi connectivity index (χ0n) is 16.7. The van der Waals surface area contributed by atoms with E-state index in [4.69, 9.17) is 4.42 Å². The van der Waals surface area contributed by atoms with Crippen molar-refractivity contribution >= 4 is 23.2 Å². The third kappa shape index (κ3) is 3.73. The van der Waals surface area contributed by atoms with Gasteiger partial charge in [-0.25, -0.2) is 0 Å². The van der Waals surface area contributed by atoms with E-state index < -0.39 is 0 Å². The third-order valence-electron chi connectivity index (χ3n) is 5.47. The standard InChI is InChI=1S/C26H20N2O3/c29-25(21-10-8-19(9-11-21)18-5-2-1-3-6-18)27-22-13-12-20-14-15-28(23(20)17-22)26(30)24-7-4-16-31-24/h1-13,16-17H,14-15H2,(H,27,29). The van der Waals surface area contributed by atoms with Gasteiger partial charge in [-0.2, -0.15) is 0 Å². The summed E-state index contributed by atoms with van der Waals surface area (Å²) in [5.74, 6) is -0.0639. The van der Waals surface area contributed by atoms with Gasteiger partial charge in [0, 0.05) is 23.5 Å². The summed E-state index contributed by atoms with van der Waals surface area (Å²) in [4.78, 5) is 27.2. The minimum absolute atomic E-state index is 0.177. The molecule has 1 N–H and O–H groups in total. The molecule has 1 aliphatic heterocycles. The molecule has 0 aliphatic carbocycles. The molecule has 5 heteroatoms. The maximum Gasteiger partial charge on any atom is 0.293 e. The number of anilines is 2. The molecule has 0 saturated carbocycles. The number of furan rings is 1. The van der Waals surface area contributed by atoms with Gasteiger partial charge in [0.25, 0.3) is 11.8 Å². The van der Waals surface area contributed by atoms with Crippen LogP contribution in [0.4, 0.5) is 11.4 Å². The van der Waals surface area contributed by atoms with Gasteiger partial charge >= 0.3 is 0 Å². The van der Waals surface area contributed by atoms with Gasteiger partial charge in [0.15, 0.2) is 5.76 Å². The summed E-state index contributed by atoms with van der Waals surface area (Å²) in [7, 11) is 0. The van der Waals surface area contributed by atoms with E-state index in [1.807, 2.05) is 72.8 Å². The zero-order valence-corrected chi connectivity index (χ0v) is 16.7. The number of hydrogen-bond donors (Lipinski definition) is 1. The van der Waals surface area contributed by atoms with Crippen LogP contribution in [-0.4, -0.2) is 18.4 Å². The summed E-state index contributed by atoms with van der Waals surface area (Å²) in [5, 5.41) is 2.94. The third-order valence-corrected chi connectivity index (χ3v) is 5.47. The first-order chi connectivity index (χ1) is 15.2. The van der Waals surface area contributed by atoms with Crippen molar-refractivity contribution in [1.82, 2.24) is 0 Å². The lowest BCUT2D eigenvalue weighted by Gasteiger charge is -2.17. The van der Waals surface area contributed by atoms with Gasteiger partial charge in [-0.3, -0.25) is 9.59 Å². The van der Waals surface area contributed by atoms with E-state index in [2.05, 4.69) is 5.32 Å². The van der Waals surface area contributed by atoms with Crippen molar-refractivity contribution in [3.63, 3.8) is 0 Å². The number of amides is 2. The second-order valence-electron chi connectivity index (χ2n) is 7.43. The Kier molecular flexibility index (Phi) is 4.84. The Morgan fingerprint density at radius 3 is 2.35 bits per heavy atom. The highest BCUT2D eigenvalue weighted by molar-refractivity contribution is 6.07. The predicted octanol–water partition coefficient (Wildman–Crippen LogP) is 5.40. The SMILES string of the molecule is O=C(Nc1ccc2c(c1)N(C(=O)c1ccco1)CC2)c1ccc(-c2ccccc2)cc1. The molecule has 0 atom stereocenters. The van der Waals surface area contributed by atoms with Gasteiger partial charge in [-0.1, -0.05) is 48.5 Å². The fourth-order valence-electron chi connectivity index (χ4n) is 3.85. The summed E-state index contributed by atoms with van der Waals surface area (Å²) in [5.41, 5.74) is 5.26. The van der Waals surface area contributed by atoms with Gasteiger partial charge in [0.05, 0.1) is 6.26 Å². The number of nitrogens with one attached hydrogen (secondary N) is 1. The van der Waals surface area contributed by atoms with Crippen molar-refractivity contribution < 1.29 is 14.0 Å². The number of rotatable bonds is 4. The van der Waals surface area contributed by atoms with Crippen LogP contribution in [-0.2, 0) is 6.42 Å². The molecule has 2 heterocycles. The van der Waals surface area contributed by atoms with Crippen molar-refractivity contribution in [2.45, 2.75) is 6.42 Å². The smallest absolute Gasteiger partial charge is 0.293 e. The molecule has 152 valence electrons. The van der Waals surface area contributed by atoms with E-state index in [9.17, 15) is 9.59 Å². The maximum absolute atomic E-state index is 12.8. The summed E-state index contributed by atoms with van der Waals surface area (Å²) in [6.45, 7) is 0.590. The Hall–Kier alpha value is -4.12. The van der Waals surface area contributed by atoms with Crippen LogP contribution in [0.25, 0.3) is 11.1 Å². The first-order valence-electron chi connectivity index (χ1n) is 10.1. The van der Waals surface area contributed by atoms with Crippen LogP contribution in [0.5, 0.6) is 0 Å². The van der Waals surface area contributed by atoms with E-state index >= 15 is 0 Å². The minimum Gasteiger partial charge on any atom is -0.459 e. The number of fused-ring (bicyclic) bond motifs is 1. The Morgan fingerprint density at radius 2 is 1.61 bits per heavy atom. The average molecular weight is 408 g/mol. The van der Waals surface area contributed by atoms with Crippen LogP contribution < -0.4 is 10.2 Å². The topological polar surface area (TPSA) is 62.6 Å². The molecule has 0 saturated heterocycles. The molecule has 0 fully saturated rings. The van der Waals surface area contributed by atoms with E-state index in [1.165, 1.54) is 6.26 Å². The molecular formula is C26H20N2O3. The van der Waals surface area contributed by atoms with E-state index in [0.717, 1.165) is 28.8 Å². The van der Waals surface area contributed by atoms with Crippen LogP contribution in [0.2, 0.25) is 0 Å². The average Bonchev–Trinajstić information content (AvgIpc) is 3.49. The van der Waals surface area contributed by atoms with Crippen molar-refractivity contribution in [2.75, 3.05) is 16.8 Å². The lowest BCUT2D eigenvalue weighted by Crippen LogP contribution is -2.28. The molecule has 1 aromatic heterocycles. The molecule has 0 bridgehead atoms. The number of benzene rings is 3. The Balaban J connectivity index is 1.33. The molecule has 0 spiro atoms. The van der Waals surface area contributed by atoms with Crippen molar-refractivity contribution in [1.29, 1.82) is 0 Å². The molecule has 1 aliphatic rings. The second kappa shape index (κ2) is 7.95. The zero-order chi connectivity index (χ0) is 21.2. The summed E-state index contributed by atoms with van der Waals surface area (Å²) in [6, 6.07) is 26.6. The normalized spacial score (nSPS) is 12.5. The molecule has 0 radical (unpaired) electrons. The lowest BCUT2D eigenvalue weighted by atomic mass is 10.0. The predicted molar refractivity (Wildman–Crippen MR) is 120 cm³/mol. The number of carbonyl (C=O) groups is 2. The Labute approximate surface area is 179 Å². The molecule has 2 amide bonds. The van der Waals surface area contributed by atoms with Crippen molar-refractivity contribution in [3.05, 3.63) is 108 Å². The first-order valence-corrected chi connectivity index (χ1v) is 10.1. The summed E-state index contributed by atoms with van der Waals surface area (Å²) in [6.07, 6.45) is 2.26. The van der Waals surface area contributed by atoms with Gasteiger partial charge in [-0.05, 0) is 59.5 Å². The van der Waals surface area contributed by atoms with Gasteiger partial charge < -0.3 is 14.6 Å². The minimum atomic E-state index is -0.193. The quantitative estimate of drug-likeness (QED) is 0.492. The Morgan fingerprint density at radius 1 is 0.839 bits per heavy atom. The fourth-order valence-corrected chi connectivity index (χ4v) is 3.85. The molecule has 31 heavy (non-hydrogen) atoms. The van der Waals surface area contributed by atoms with Crippen molar-refractivity contribution in [2.24, 2.45) is 0 Å². The first kappa shape index (κ1) is 18.9. The number of carbonyl (C=O) groups excluding carboxylic acids is 2. The molecule has 0 unspecified atom stereocenters. The molecule has 5 nitrogen and oxygen atoms in total. The van der Waals surface area contributed by atoms with E-state index in [-0.39, 0.29) is 11.8 Å². The second-order valence-corrected chi connectivity index (χ2v) is 7.43. The molecule has 5 rings (SSSR count). The van der Waals surface area contributed by atoms with Crippen LogP contribution in [0.15, 0.2) is 95.6 Å². The fraction of sp³-hybridized carbons (Fsp3) is 0.0769. The number of nitrogens with zero attached hydrogens (tertiary/aromatic N) is 1. The monoisotopic (exact) mass is 408 g/mol. The molecule has 3 aromatic carbocycles. The van der Waals surface area contributed by atoms with Crippen LogP contribution in [0, 0.1) is 0 Å². The maximum atomic E-state index is 12.8. The molecular weight excluding hydrogens is 388 g/mol. The summed E-state index contributed by atoms with van der Waals surface area (Å²) < 4.78 is 5.26. The van der Waals surface area contributed by atoms with Gasteiger partial charge in [0.1, 0.15) is 0 Å². The lowest BCUT2D eigenvalue weighted by molar-refractivity contribution is 0.0962. The highest BCUT2D eigenvalue weighted by atomic mass is 16.3. The van der Waals surface area contributed by atoms with Gasteiger partial charge in [-0.15, -0.1) is 0 Å². The highest BCUT2D eigenvalue weighted by Gasteiger charge is 2.27. The summed E-state index contributed by atoms with van der Waals surface area (Å²) >= 11 is 0. The van der Waals surface area contributed by atoms with Crippen molar-refractivity contribution in [3.8, 4) is 11.1 Å².